The zero-order chi connectivity index (χ0) is 24.1. The maximum Gasteiger partial charge on any atom is 0.243 e. The highest BCUT2D eigenvalue weighted by atomic mass is 32.2. The van der Waals surface area contributed by atoms with Crippen LogP contribution in [0.25, 0.3) is 22.2 Å². The number of piperidine rings is 1. The topological polar surface area (TPSA) is 83.6 Å². The van der Waals surface area contributed by atoms with Crippen LogP contribution in [0.5, 0.6) is 0 Å². The molecule has 1 aromatic heterocycles. The number of sulfonamides is 1. The number of anilines is 1. The number of para-hydroxylation sites is 1. The van der Waals surface area contributed by atoms with E-state index in [9.17, 15) is 8.42 Å². The van der Waals surface area contributed by atoms with Crippen molar-refractivity contribution in [3.8, 4) is 11.3 Å². The SMILES string of the molecule is O=S(=O)(c1ccc(-c2cc(NCCCC3CCCNC3)c3ccccc3n2)cc1)N1CCOCC1. The van der Waals surface area contributed by atoms with Crippen LogP contribution in [0, 0.1) is 5.92 Å². The molecule has 2 saturated heterocycles. The lowest BCUT2D eigenvalue weighted by Crippen LogP contribution is -2.40. The van der Waals surface area contributed by atoms with E-state index in [4.69, 9.17) is 9.72 Å². The Labute approximate surface area is 207 Å². The smallest absolute Gasteiger partial charge is 0.243 e. The van der Waals surface area contributed by atoms with Crippen LogP contribution >= 0.6 is 0 Å². The molecule has 5 rings (SSSR count). The van der Waals surface area contributed by atoms with E-state index >= 15 is 0 Å². The van der Waals surface area contributed by atoms with Gasteiger partial charge in [0.15, 0.2) is 0 Å². The summed E-state index contributed by atoms with van der Waals surface area (Å²) in [4.78, 5) is 5.17. The molecule has 0 saturated carbocycles. The predicted octanol–water partition coefficient (Wildman–Crippen LogP) is 4.11. The molecule has 0 spiro atoms. The van der Waals surface area contributed by atoms with E-state index in [1.165, 1.54) is 23.6 Å². The summed E-state index contributed by atoms with van der Waals surface area (Å²) in [6.45, 7) is 4.86. The van der Waals surface area contributed by atoms with Crippen LogP contribution in [-0.4, -0.2) is 63.6 Å². The fourth-order valence-electron chi connectivity index (χ4n) is 4.99. The Morgan fingerprint density at radius 2 is 1.89 bits per heavy atom. The minimum Gasteiger partial charge on any atom is -0.384 e. The van der Waals surface area contributed by atoms with Gasteiger partial charge in [-0.15, -0.1) is 0 Å². The lowest BCUT2D eigenvalue weighted by Gasteiger charge is -2.26. The summed E-state index contributed by atoms with van der Waals surface area (Å²) >= 11 is 0. The summed E-state index contributed by atoms with van der Waals surface area (Å²) in [6, 6.07) is 17.3. The molecule has 0 bridgehead atoms. The number of pyridine rings is 1. The molecule has 35 heavy (non-hydrogen) atoms. The maximum absolute atomic E-state index is 13.0. The van der Waals surface area contributed by atoms with Crippen molar-refractivity contribution in [2.75, 3.05) is 51.3 Å². The zero-order valence-corrected chi connectivity index (χ0v) is 20.9. The van der Waals surface area contributed by atoms with Gasteiger partial charge in [-0.25, -0.2) is 13.4 Å². The van der Waals surface area contributed by atoms with Gasteiger partial charge in [-0.3, -0.25) is 0 Å². The molecule has 3 heterocycles. The Bertz CT molecular complexity index is 1240. The molecule has 186 valence electrons. The van der Waals surface area contributed by atoms with E-state index in [2.05, 4.69) is 22.8 Å². The first-order chi connectivity index (χ1) is 17.1. The van der Waals surface area contributed by atoms with Crippen LogP contribution < -0.4 is 10.6 Å². The molecule has 0 amide bonds. The second-order valence-corrected chi connectivity index (χ2v) is 11.3. The molecule has 2 aromatic carbocycles. The van der Waals surface area contributed by atoms with Crippen LogP contribution in [0.2, 0.25) is 0 Å². The molecule has 7 nitrogen and oxygen atoms in total. The number of nitrogens with zero attached hydrogens (tertiary/aromatic N) is 2. The van der Waals surface area contributed by atoms with Gasteiger partial charge in [0.25, 0.3) is 0 Å². The van der Waals surface area contributed by atoms with E-state index in [0.717, 1.165) is 59.8 Å². The first-order valence-electron chi connectivity index (χ1n) is 12.6. The summed E-state index contributed by atoms with van der Waals surface area (Å²) in [7, 11) is -3.51. The third-order valence-electron chi connectivity index (χ3n) is 6.98. The van der Waals surface area contributed by atoms with Crippen molar-refractivity contribution < 1.29 is 13.2 Å². The Kier molecular flexibility index (Phi) is 7.63. The monoisotopic (exact) mass is 494 g/mol. The number of morpholine rings is 1. The van der Waals surface area contributed by atoms with Crippen molar-refractivity contribution in [1.82, 2.24) is 14.6 Å². The molecule has 2 fully saturated rings. The average molecular weight is 495 g/mol. The molecular weight excluding hydrogens is 460 g/mol. The van der Waals surface area contributed by atoms with Crippen LogP contribution in [0.15, 0.2) is 59.5 Å². The minimum atomic E-state index is -3.51. The minimum absolute atomic E-state index is 0.305. The lowest BCUT2D eigenvalue weighted by molar-refractivity contribution is 0.0730. The van der Waals surface area contributed by atoms with Gasteiger partial charge in [0.1, 0.15) is 0 Å². The predicted molar refractivity (Wildman–Crippen MR) is 140 cm³/mol. The van der Waals surface area contributed by atoms with Gasteiger partial charge < -0.3 is 15.4 Å². The van der Waals surface area contributed by atoms with Crippen molar-refractivity contribution in [3.05, 3.63) is 54.6 Å². The van der Waals surface area contributed by atoms with Crippen molar-refractivity contribution in [2.45, 2.75) is 30.6 Å². The van der Waals surface area contributed by atoms with Crippen molar-refractivity contribution in [1.29, 1.82) is 0 Å². The van der Waals surface area contributed by atoms with Gasteiger partial charge in [-0.1, -0.05) is 30.3 Å². The number of rotatable bonds is 8. The summed E-state index contributed by atoms with van der Waals surface area (Å²) in [5.41, 5.74) is 3.72. The first kappa shape index (κ1) is 24.2. The van der Waals surface area contributed by atoms with Gasteiger partial charge in [0.2, 0.25) is 10.0 Å². The maximum atomic E-state index is 13.0. The van der Waals surface area contributed by atoms with Crippen LogP contribution in [0.4, 0.5) is 5.69 Å². The van der Waals surface area contributed by atoms with E-state index in [-0.39, 0.29) is 0 Å². The van der Waals surface area contributed by atoms with Gasteiger partial charge >= 0.3 is 0 Å². The second-order valence-electron chi connectivity index (χ2n) is 9.39. The quantitative estimate of drug-likeness (QED) is 0.459. The fourth-order valence-corrected chi connectivity index (χ4v) is 6.40. The largest absolute Gasteiger partial charge is 0.384 e. The molecule has 2 N–H and O–H groups in total. The van der Waals surface area contributed by atoms with Gasteiger partial charge in [-0.2, -0.15) is 4.31 Å². The average Bonchev–Trinajstić information content (AvgIpc) is 2.92. The molecule has 0 radical (unpaired) electrons. The number of hydrogen-bond donors (Lipinski definition) is 2. The van der Waals surface area contributed by atoms with Gasteiger partial charge in [0, 0.05) is 36.3 Å². The molecular formula is C27H34N4O3S. The number of ether oxygens (including phenoxy) is 1. The van der Waals surface area contributed by atoms with Crippen molar-refractivity contribution >= 4 is 26.6 Å². The zero-order valence-electron chi connectivity index (χ0n) is 20.1. The second kappa shape index (κ2) is 11.0. The number of aromatic nitrogens is 1. The highest BCUT2D eigenvalue weighted by Crippen LogP contribution is 2.29. The van der Waals surface area contributed by atoms with Crippen molar-refractivity contribution in [3.63, 3.8) is 0 Å². The Hall–Kier alpha value is -2.52. The highest BCUT2D eigenvalue weighted by Gasteiger charge is 2.26. The number of nitrogens with one attached hydrogen (secondary N) is 2. The van der Waals surface area contributed by atoms with Crippen LogP contribution in [0.3, 0.4) is 0 Å². The number of benzene rings is 2. The number of hydrogen-bond acceptors (Lipinski definition) is 6. The fraction of sp³-hybridized carbons (Fsp3) is 0.444. The first-order valence-corrected chi connectivity index (χ1v) is 14.1. The van der Waals surface area contributed by atoms with E-state index < -0.39 is 10.0 Å². The Morgan fingerprint density at radius 1 is 1.09 bits per heavy atom. The van der Waals surface area contributed by atoms with Gasteiger partial charge in [0.05, 0.1) is 29.3 Å². The van der Waals surface area contributed by atoms with Crippen LogP contribution in [0.1, 0.15) is 25.7 Å². The molecule has 3 aromatic rings. The third kappa shape index (κ3) is 5.67. The molecule has 0 aliphatic carbocycles. The molecule has 1 unspecified atom stereocenters. The van der Waals surface area contributed by atoms with E-state index in [1.54, 1.807) is 12.1 Å². The Morgan fingerprint density at radius 3 is 2.66 bits per heavy atom. The van der Waals surface area contributed by atoms with Crippen molar-refractivity contribution in [2.24, 2.45) is 5.92 Å². The highest BCUT2D eigenvalue weighted by molar-refractivity contribution is 7.89. The molecule has 2 aliphatic heterocycles. The van der Waals surface area contributed by atoms with E-state index in [0.29, 0.717) is 31.2 Å². The normalized spacial score (nSPS) is 19.6. The van der Waals surface area contributed by atoms with Gasteiger partial charge in [-0.05, 0) is 69.0 Å². The summed E-state index contributed by atoms with van der Waals surface area (Å²) in [6.07, 6.45) is 4.97. The number of fused-ring (bicyclic) bond motifs is 1. The Balaban J connectivity index is 1.33. The molecule has 1 atom stereocenters. The third-order valence-corrected chi connectivity index (χ3v) is 8.89. The summed E-state index contributed by atoms with van der Waals surface area (Å²) in [5, 5.41) is 8.24. The standard InChI is InChI=1S/C27H34N4O3S/c32-35(33,31-15-17-34-18-16-31)23-11-9-22(10-12-23)26-19-27(24-7-1-2-8-25(24)30-26)29-14-4-6-21-5-3-13-28-20-21/h1-2,7-12,19,21,28H,3-6,13-18,20H2,(H,29,30). The van der Waals surface area contributed by atoms with Crippen LogP contribution in [-0.2, 0) is 14.8 Å². The lowest BCUT2D eigenvalue weighted by atomic mass is 9.95. The molecule has 2 aliphatic rings. The summed E-state index contributed by atoms with van der Waals surface area (Å²) in [5.74, 6) is 0.780. The van der Waals surface area contributed by atoms with E-state index in [1.807, 2.05) is 30.3 Å². The summed E-state index contributed by atoms with van der Waals surface area (Å²) < 4.78 is 32.7. The molecule has 8 heteroatoms.